The molecule has 0 atom stereocenters. The fraction of sp³-hybridized carbons (Fsp3) is 0.381. The molecular weight excluding hydrogens is 326 g/mol. The summed E-state index contributed by atoms with van der Waals surface area (Å²) in [4.78, 5) is 17.1. The zero-order valence-corrected chi connectivity index (χ0v) is 15.6. The van der Waals surface area contributed by atoms with Gasteiger partial charge in [0.05, 0.1) is 19.3 Å². The number of carbonyl (C=O) groups excluding carboxylic acids is 1. The first kappa shape index (κ1) is 18.4. The topological polar surface area (TPSA) is 44.8 Å². The van der Waals surface area contributed by atoms with E-state index in [-0.39, 0.29) is 5.91 Å². The highest BCUT2D eigenvalue weighted by Crippen LogP contribution is 2.25. The van der Waals surface area contributed by atoms with Crippen LogP contribution in [0.1, 0.15) is 11.1 Å². The summed E-state index contributed by atoms with van der Waals surface area (Å²) >= 11 is 0. The Morgan fingerprint density at radius 1 is 1.04 bits per heavy atom. The first-order valence-electron chi connectivity index (χ1n) is 9.07. The van der Waals surface area contributed by atoms with Crippen LogP contribution in [-0.2, 0) is 11.3 Å². The second-order valence-electron chi connectivity index (χ2n) is 6.79. The molecule has 0 aliphatic carbocycles. The number of benzene rings is 2. The average Bonchev–Trinajstić information content (AvgIpc) is 2.64. The molecule has 1 aliphatic heterocycles. The summed E-state index contributed by atoms with van der Waals surface area (Å²) in [7, 11) is 1.62. The van der Waals surface area contributed by atoms with E-state index < -0.39 is 0 Å². The smallest absolute Gasteiger partial charge is 0.238 e. The van der Waals surface area contributed by atoms with Crippen molar-refractivity contribution in [1.29, 1.82) is 0 Å². The number of ether oxygens (including phenoxy) is 1. The Balaban J connectivity index is 1.47. The predicted molar refractivity (Wildman–Crippen MR) is 105 cm³/mol. The summed E-state index contributed by atoms with van der Waals surface area (Å²) in [6.45, 7) is 7.17. The monoisotopic (exact) mass is 353 g/mol. The van der Waals surface area contributed by atoms with Crippen LogP contribution in [0, 0.1) is 6.92 Å². The highest BCUT2D eigenvalue weighted by molar-refractivity contribution is 5.93. The molecule has 1 amide bonds. The number of anilines is 1. The number of nitrogens with zero attached hydrogens (tertiary/aromatic N) is 2. The fourth-order valence-electron chi connectivity index (χ4n) is 3.26. The molecule has 0 bridgehead atoms. The van der Waals surface area contributed by atoms with E-state index in [1.165, 1.54) is 5.56 Å². The first-order chi connectivity index (χ1) is 12.6. The van der Waals surface area contributed by atoms with Gasteiger partial charge in [0, 0.05) is 32.7 Å². The van der Waals surface area contributed by atoms with Crippen LogP contribution in [0.2, 0.25) is 0 Å². The van der Waals surface area contributed by atoms with Crippen LogP contribution >= 0.6 is 0 Å². The van der Waals surface area contributed by atoms with Crippen molar-refractivity contribution in [3.05, 3.63) is 59.7 Å². The van der Waals surface area contributed by atoms with Gasteiger partial charge in [-0.15, -0.1) is 0 Å². The normalized spacial score (nSPS) is 15.6. The second-order valence-corrected chi connectivity index (χ2v) is 6.79. The Hall–Kier alpha value is -2.37. The molecule has 1 heterocycles. The Labute approximate surface area is 155 Å². The zero-order chi connectivity index (χ0) is 18.4. The standard InChI is InChI=1S/C21H27N3O2/c1-17-8-9-20(26-2)19(14-17)22-21(25)16-24-12-10-23(11-13-24)15-18-6-4-3-5-7-18/h3-9,14H,10-13,15-16H2,1-2H3,(H,22,25). The van der Waals surface area contributed by atoms with E-state index in [1.807, 2.05) is 31.2 Å². The largest absolute Gasteiger partial charge is 0.495 e. The summed E-state index contributed by atoms with van der Waals surface area (Å²) < 4.78 is 5.33. The third kappa shape index (κ3) is 5.07. The number of aryl methyl sites for hydroxylation is 1. The average molecular weight is 353 g/mol. The first-order valence-corrected chi connectivity index (χ1v) is 9.07. The molecule has 1 saturated heterocycles. The van der Waals surface area contributed by atoms with Gasteiger partial charge in [-0.3, -0.25) is 14.6 Å². The Morgan fingerprint density at radius 3 is 2.42 bits per heavy atom. The minimum atomic E-state index is 0.00501. The number of amides is 1. The minimum absolute atomic E-state index is 0.00501. The second kappa shape index (κ2) is 8.83. The van der Waals surface area contributed by atoms with Crippen LogP contribution < -0.4 is 10.1 Å². The zero-order valence-electron chi connectivity index (χ0n) is 15.6. The Bertz CT molecular complexity index is 725. The molecule has 1 aliphatic rings. The lowest BCUT2D eigenvalue weighted by atomic mass is 10.2. The predicted octanol–water partition coefficient (Wildman–Crippen LogP) is 2.76. The van der Waals surface area contributed by atoms with Crippen LogP contribution in [0.4, 0.5) is 5.69 Å². The number of piperazine rings is 1. The van der Waals surface area contributed by atoms with E-state index in [4.69, 9.17) is 4.74 Å². The van der Waals surface area contributed by atoms with Crippen molar-refractivity contribution in [3.63, 3.8) is 0 Å². The lowest BCUT2D eigenvalue weighted by Gasteiger charge is -2.34. The molecule has 0 unspecified atom stereocenters. The van der Waals surface area contributed by atoms with Crippen LogP contribution in [0.25, 0.3) is 0 Å². The van der Waals surface area contributed by atoms with Crippen molar-refractivity contribution in [2.75, 3.05) is 45.2 Å². The molecule has 2 aromatic rings. The van der Waals surface area contributed by atoms with Gasteiger partial charge < -0.3 is 10.1 Å². The van der Waals surface area contributed by atoms with Gasteiger partial charge in [0.2, 0.25) is 5.91 Å². The Morgan fingerprint density at radius 2 is 1.73 bits per heavy atom. The van der Waals surface area contributed by atoms with E-state index in [9.17, 15) is 4.79 Å². The van der Waals surface area contributed by atoms with E-state index in [2.05, 4.69) is 39.4 Å². The number of rotatable bonds is 6. The number of methoxy groups -OCH3 is 1. The van der Waals surface area contributed by atoms with E-state index >= 15 is 0 Å². The van der Waals surface area contributed by atoms with Crippen molar-refractivity contribution in [2.45, 2.75) is 13.5 Å². The number of hydrogen-bond acceptors (Lipinski definition) is 4. The summed E-state index contributed by atoms with van der Waals surface area (Å²) in [5, 5.41) is 2.98. The summed E-state index contributed by atoms with van der Waals surface area (Å²) in [5.41, 5.74) is 3.17. The van der Waals surface area contributed by atoms with Gasteiger partial charge in [0.25, 0.3) is 0 Å². The maximum absolute atomic E-state index is 12.4. The third-order valence-corrected chi connectivity index (χ3v) is 4.71. The van der Waals surface area contributed by atoms with Crippen LogP contribution in [0.3, 0.4) is 0 Å². The number of nitrogens with one attached hydrogen (secondary N) is 1. The Kier molecular flexibility index (Phi) is 6.26. The van der Waals surface area contributed by atoms with Crippen molar-refractivity contribution in [2.24, 2.45) is 0 Å². The van der Waals surface area contributed by atoms with E-state index in [1.54, 1.807) is 7.11 Å². The van der Waals surface area contributed by atoms with Gasteiger partial charge in [0.15, 0.2) is 0 Å². The van der Waals surface area contributed by atoms with Crippen molar-refractivity contribution in [1.82, 2.24) is 9.80 Å². The molecule has 138 valence electrons. The number of carbonyl (C=O) groups is 1. The maximum atomic E-state index is 12.4. The molecule has 2 aromatic carbocycles. The molecule has 1 N–H and O–H groups in total. The van der Waals surface area contributed by atoms with Gasteiger partial charge in [-0.1, -0.05) is 36.4 Å². The lowest BCUT2D eigenvalue weighted by Crippen LogP contribution is -2.48. The van der Waals surface area contributed by atoms with Gasteiger partial charge in [-0.05, 0) is 30.2 Å². The lowest BCUT2D eigenvalue weighted by molar-refractivity contribution is -0.117. The van der Waals surface area contributed by atoms with Crippen molar-refractivity contribution in [3.8, 4) is 5.75 Å². The SMILES string of the molecule is COc1ccc(C)cc1NC(=O)CN1CCN(Cc2ccccc2)CC1. The van der Waals surface area contributed by atoms with Crippen molar-refractivity contribution < 1.29 is 9.53 Å². The molecule has 0 saturated carbocycles. The molecule has 0 spiro atoms. The van der Waals surface area contributed by atoms with Gasteiger partial charge in [-0.2, -0.15) is 0 Å². The molecule has 5 heteroatoms. The molecular formula is C21H27N3O2. The van der Waals surface area contributed by atoms with E-state index in [0.717, 1.165) is 44.0 Å². The highest BCUT2D eigenvalue weighted by atomic mass is 16.5. The quantitative estimate of drug-likeness (QED) is 0.867. The van der Waals surface area contributed by atoms with Crippen LogP contribution in [0.15, 0.2) is 48.5 Å². The molecule has 5 nitrogen and oxygen atoms in total. The summed E-state index contributed by atoms with van der Waals surface area (Å²) in [6.07, 6.45) is 0. The van der Waals surface area contributed by atoms with Gasteiger partial charge in [0.1, 0.15) is 5.75 Å². The highest BCUT2D eigenvalue weighted by Gasteiger charge is 2.19. The molecule has 3 rings (SSSR count). The van der Waals surface area contributed by atoms with Crippen LogP contribution in [0.5, 0.6) is 5.75 Å². The molecule has 26 heavy (non-hydrogen) atoms. The van der Waals surface area contributed by atoms with Crippen molar-refractivity contribution >= 4 is 11.6 Å². The molecule has 0 radical (unpaired) electrons. The number of hydrogen-bond donors (Lipinski definition) is 1. The maximum Gasteiger partial charge on any atom is 0.238 e. The van der Waals surface area contributed by atoms with Gasteiger partial charge >= 0.3 is 0 Å². The van der Waals surface area contributed by atoms with Crippen LogP contribution in [-0.4, -0.2) is 55.5 Å². The minimum Gasteiger partial charge on any atom is -0.495 e. The summed E-state index contributed by atoms with van der Waals surface area (Å²) in [5.74, 6) is 0.696. The van der Waals surface area contributed by atoms with E-state index in [0.29, 0.717) is 12.3 Å². The third-order valence-electron chi connectivity index (χ3n) is 4.71. The fourth-order valence-corrected chi connectivity index (χ4v) is 3.26. The molecule has 1 fully saturated rings. The van der Waals surface area contributed by atoms with Gasteiger partial charge in [-0.25, -0.2) is 0 Å². The molecule has 0 aromatic heterocycles. The summed E-state index contributed by atoms with van der Waals surface area (Å²) in [6, 6.07) is 16.3.